The van der Waals surface area contributed by atoms with Crippen molar-refractivity contribution in [3.05, 3.63) is 88.4 Å². The predicted molar refractivity (Wildman–Crippen MR) is 128 cm³/mol. The van der Waals surface area contributed by atoms with E-state index in [9.17, 15) is 10.1 Å². The molecule has 0 spiro atoms. The van der Waals surface area contributed by atoms with Crippen LogP contribution in [0.4, 0.5) is 5.69 Å². The van der Waals surface area contributed by atoms with Crippen molar-refractivity contribution in [1.82, 2.24) is 14.6 Å². The number of hydrogen-bond acceptors (Lipinski definition) is 5. The highest BCUT2D eigenvalue weighted by Gasteiger charge is 2.25. The first kappa shape index (κ1) is 22.5. The van der Waals surface area contributed by atoms with Crippen molar-refractivity contribution >= 4 is 11.3 Å². The molecule has 2 aromatic carbocycles. The smallest absolute Gasteiger partial charge is 0.333 e. The third-order valence-electron chi connectivity index (χ3n) is 5.82. The number of aromatic nitrogens is 3. The van der Waals surface area contributed by atoms with Crippen molar-refractivity contribution in [2.75, 3.05) is 0 Å². The molecule has 4 aromatic rings. The second-order valence-corrected chi connectivity index (χ2v) is 8.15. The van der Waals surface area contributed by atoms with Crippen LogP contribution in [0.15, 0.2) is 67.0 Å². The molecular weight excluding hydrogens is 416 g/mol. The van der Waals surface area contributed by atoms with Gasteiger partial charge in [-0.1, -0.05) is 69.2 Å². The summed E-state index contributed by atoms with van der Waals surface area (Å²) >= 11 is 0. The van der Waals surface area contributed by atoms with Crippen molar-refractivity contribution in [3.63, 3.8) is 0 Å². The van der Waals surface area contributed by atoms with Crippen LogP contribution in [0, 0.1) is 10.1 Å². The minimum absolute atomic E-state index is 0.0702. The van der Waals surface area contributed by atoms with Crippen molar-refractivity contribution < 1.29 is 9.66 Å². The van der Waals surface area contributed by atoms with E-state index in [0.717, 1.165) is 53.8 Å². The monoisotopic (exact) mass is 444 g/mol. The van der Waals surface area contributed by atoms with Crippen LogP contribution in [0.5, 0.6) is 5.75 Å². The summed E-state index contributed by atoms with van der Waals surface area (Å²) in [6.45, 7) is 4.82. The molecule has 0 saturated carbocycles. The molecule has 0 amide bonds. The van der Waals surface area contributed by atoms with Crippen LogP contribution in [0.3, 0.4) is 0 Å². The topological polar surface area (TPSA) is 82.6 Å². The lowest BCUT2D eigenvalue weighted by molar-refractivity contribution is -0.383. The number of rotatable bonds is 10. The van der Waals surface area contributed by atoms with Gasteiger partial charge in [-0.05, 0) is 36.1 Å². The summed E-state index contributed by atoms with van der Waals surface area (Å²) in [6.07, 6.45) is 7.04. The Hall–Kier alpha value is -3.74. The molecule has 0 unspecified atom stereocenters. The number of nitrogens with zero attached hydrogens (tertiary/aromatic N) is 4. The van der Waals surface area contributed by atoms with Gasteiger partial charge in [0.05, 0.1) is 10.6 Å². The Morgan fingerprint density at radius 2 is 1.70 bits per heavy atom. The SMILES string of the molecule is CCCC(CCC)c1c(-c2ccc(OCc3ccccc3)cc2)cnc2c([N+](=O)[O-])cnn12. The summed E-state index contributed by atoms with van der Waals surface area (Å²) < 4.78 is 7.60. The zero-order valence-corrected chi connectivity index (χ0v) is 19.0. The van der Waals surface area contributed by atoms with Crippen molar-refractivity contribution in [3.8, 4) is 16.9 Å². The van der Waals surface area contributed by atoms with Crippen molar-refractivity contribution in [2.45, 2.75) is 52.1 Å². The van der Waals surface area contributed by atoms with Gasteiger partial charge in [-0.3, -0.25) is 10.1 Å². The highest BCUT2D eigenvalue weighted by atomic mass is 16.6. The van der Waals surface area contributed by atoms with Crippen molar-refractivity contribution in [2.24, 2.45) is 0 Å². The fraction of sp³-hybridized carbons (Fsp3) is 0.308. The molecule has 170 valence electrons. The van der Waals surface area contributed by atoms with Crippen LogP contribution in [-0.4, -0.2) is 19.5 Å². The van der Waals surface area contributed by atoms with Gasteiger partial charge in [0.1, 0.15) is 18.6 Å². The number of fused-ring (bicyclic) bond motifs is 1. The molecule has 0 N–H and O–H groups in total. The van der Waals surface area contributed by atoms with Crippen molar-refractivity contribution in [1.29, 1.82) is 0 Å². The van der Waals surface area contributed by atoms with Crippen LogP contribution < -0.4 is 4.74 Å². The van der Waals surface area contributed by atoms with Crippen LogP contribution >= 0.6 is 0 Å². The number of hydrogen-bond donors (Lipinski definition) is 0. The summed E-state index contributed by atoms with van der Waals surface area (Å²) in [6, 6.07) is 18.0. The summed E-state index contributed by atoms with van der Waals surface area (Å²) in [5.41, 5.74) is 4.25. The van der Waals surface area contributed by atoms with Gasteiger partial charge >= 0.3 is 5.69 Å². The molecule has 0 radical (unpaired) electrons. The average Bonchev–Trinajstić information content (AvgIpc) is 3.28. The van der Waals surface area contributed by atoms with E-state index >= 15 is 0 Å². The number of benzene rings is 2. The molecule has 0 aliphatic heterocycles. The Bertz CT molecular complexity index is 1210. The second kappa shape index (κ2) is 10.3. The van der Waals surface area contributed by atoms with Gasteiger partial charge in [0.2, 0.25) is 5.65 Å². The van der Waals surface area contributed by atoms with E-state index in [1.807, 2.05) is 54.6 Å². The fourth-order valence-corrected chi connectivity index (χ4v) is 4.27. The predicted octanol–water partition coefficient (Wildman–Crippen LogP) is 6.57. The summed E-state index contributed by atoms with van der Waals surface area (Å²) in [5, 5.41) is 15.8. The zero-order valence-electron chi connectivity index (χ0n) is 19.0. The molecule has 0 bridgehead atoms. The average molecular weight is 445 g/mol. The summed E-state index contributed by atoms with van der Waals surface area (Å²) in [4.78, 5) is 15.5. The zero-order chi connectivity index (χ0) is 23.2. The number of nitro groups is 1. The minimum atomic E-state index is -0.424. The molecule has 2 heterocycles. The van der Waals surface area contributed by atoms with Crippen LogP contribution in [0.25, 0.3) is 16.8 Å². The van der Waals surface area contributed by atoms with Gasteiger partial charge in [0, 0.05) is 17.7 Å². The molecule has 0 saturated heterocycles. The van der Waals surface area contributed by atoms with Gasteiger partial charge in [-0.15, -0.1) is 0 Å². The molecule has 33 heavy (non-hydrogen) atoms. The van der Waals surface area contributed by atoms with E-state index in [2.05, 4.69) is 23.9 Å². The maximum atomic E-state index is 11.5. The third-order valence-corrected chi connectivity index (χ3v) is 5.82. The molecule has 0 aliphatic carbocycles. The molecule has 2 aromatic heterocycles. The van der Waals surface area contributed by atoms with Gasteiger partial charge < -0.3 is 4.74 Å². The minimum Gasteiger partial charge on any atom is -0.489 e. The first-order valence-corrected chi connectivity index (χ1v) is 11.4. The maximum Gasteiger partial charge on any atom is 0.333 e. The first-order valence-electron chi connectivity index (χ1n) is 11.4. The van der Waals surface area contributed by atoms with E-state index in [4.69, 9.17) is 4.74 Å². The lowest BCUT2D eigenvalue weighted by Crippen LogP contribution is -2.10. The van der Waals surface area contributed by atoms with Crippen LogP contribution in [0.2, 0.25) is 0 Å². The Morgan fingerprint density at radius 3 is 2.33 bits per heavy atom. The maximum absolute atomic E-state index is 11.5. The molecule has 7 heteroatoms. The Balaban J connectivity index is 1.71. The standard InChI is InChI=1S/C26H28N4O3/c1-3-8-21(9-4-2)25-23(16-27-26-24(30(31)32)17-28-29(25)26)20-12-14-22(15-13-20)33-18-19-10-6-5-7-11-19/h5-7,10-17,21H,3-4,8-9,18H2,1-2H3. The van der Waals surface area contributed by atoms with Gasteiger partial charge in [-0.2, -0.15) is 5.10 Å². The fourth-order valence-electron chi connectivity index (χ4n) is 4.27. The first-order chi connectivity index (χ1) is 16.1. The largest absolute Gasteiger partial charge is 0.489 e. The Labute approximate surface area is 193 Å². The van der Waals surface area contributed by atoms with E-state index < -0.39 is 4.92 Å². The van der Waals surface area contributed by atoms with Crippen LogP contribution in [-0.2, 0) is 6.61 Å². The van der Waals surface area contributed by atoms with E-state index in [1.54, 1.807) is 10.7 Å². The molecule has 7 nitrogen and oxygen atoms in total. The van der Waals surface area contributed by atoms with Gasteiger partial charge in [0.15, 0.2) is 0 Å². The Morgan fingerprint density at radius 1 is 1.00 bits per heavy atom. The van der Waals surface area contributed by atoms with Crippen LogP contribution in [0.1, 0.15) is 56.7 Å². The summed E-state index contributed by atoms with van der Waals surface area (Å²) in [7, 11) is 0. The quantitative estimate of drug-likeness (QED) is 0.204. The lowest BCUT2D eigenvalue weighted by Gasteiger charge is -2.20. The third kappa shape index (κ3) is 4.87. The van der Waals surface area contributed by atoms with E-state index in [-0.39, 0.29) is 11.6 Å². The molecule has 0 fully saturated rings. The molecule has 4 rings (SSSR count). The molecular formula is C26H28N4O3. The van der Waals surface area contributed by atoms with Gasteiger partial charge in [0.25, 0.3) is 0 Å². The van der Waals surface area contributed by atoms with E-state index in [1.165, 1.54) is 6.20 Å². The Kier molecular flexibility index (Phi) is 6.98. The normalized spacial score (nSPS) is 11.2. The second-order valence-electron chi connectivity index (χ2n) is 8.15. The van der Waals surface area contributed by atoms with Gasteiger partial charge in [-0.25, -0.2) is 9.50 Å². The molecule has 0 atom stereocenters. The number of ether oxygens (including phenoxy) is 1. The molecule has 0 aliphatic rings. The van der Waals surface area contributed by atoms with E-state index in [0.29, 0.717) is 12.3 Å². The highest BCUT2D eigenvalue weighted by Crippen LogP contribution is 2.36. The summed E-state index contributed by atoms with van der Waals surface area (Å²) in [5.74, 6) is 1.01. The lowest BCUT2D eigenvalue weighted by atomic mass is 9.89. The highest BCUT2D eigenvalue weighted by molar-refractivity contribution is 5.70.